The van der Waals surface area contributed by atoms with Gasteiger partial charge in [0.2, 0.25) is 0 Å². The highest BCUT2D eigenvalue weighted by atomic mass is 16.3. The van der Waals surface area contributed by atoms with Crippen LogP contribution in [0.15, 0.2) is 46.5 Å². The molecule has 0 aliphatic heterocycles. The number of aliphatic hydroxyl groups is 2. The topological polar surface area (TPSA) is 135 Å². The van der Waals surface area contributed by atoms with Crippen LogP contribution in [0.5, 0.6) is 11.5 Å². The van der Waals surface area contributed by atoms with Gasteiger partial charge in [-0.05, 0) is 12.1 Å². The van der Waals surface area contributed by atoms with Crippen LogP contribution in [0.3, 0.4) is 0 Å². The van der Waals surface area contributed by atoms with Crippen molar-refractivity contribution in [3.8, 4) is 11.5 Å². The average Bonchev–Trinajstić information content (AvgIpc) is 2.62. The zero-order chi connectivity index (χ0) is 18.2. The summed E-state index contributed by atoms with van der Waals surface area (Å²) in [5.41, 5.74) is 3.40. The van der Waals surface area contributed by atoms with Crippen LogP contribution in [0.1, 0.15) is 22.3 Å². The molecule has 0 saturated heterocycles. The van der Waals surface area contributed by atoms with Gasteiger partial charge >= 0.3 is 6.03 Å². The molecule has 8 nitrogen and oxygen atoms in total. The Morgan fingerprint density at radius 1 is 0.920 bits per heavy atom. The number of urea groups is 1. The average molecular weight is 343 g/mol. The Morgan fingerprint density at radius 2 is 1.44 bits per heavy atom. The van der Waals surface area contributed by atoms with E-state index in [2.05, 4.69) is 15.5 Å². The Bertz CT molecular complexity index is 818. The van der Waals surface area contributed by atoms with Gasteiger partial charge in [-0.2, -0.15) is 10.1 Å². The Balaban J connectivity index is 2.01. The molecule has 0 fully saturated rings. The van der Waals surface area contributed by atoms with Crippen molar-refractivity contribution < 1.29 is 25.2 Å². The van der Waals surface area contributed by atoms with Crippen molar-refractivity contribution in [1.29, 1.82) is 0 Å². The van der Waals surface area contributed by atoms with E-state index >= 15 is 0 Å². The smallest absolute Gasteiger partial charge is 0.361 e. The van der Waals surface area contributed by atoms with Gasteiger partial charge in [-0.3, -0.25) is 0 Å². The van der Waals surface area contributed by atoms with Gasteiger partial charge in [0.25, 0.3) is 0 Å². The minimum atomic E-state index is -0.789. The van der Waals surface area contributed by atoms with Crippen molar-refractivity contribution in [2.45, 2.75) is 13.2 Å². The summed E-state index contributed by atoms with van der Waals surface area (Å²) < 4.78 is 0. The van der Waals surface area contributed by atoms with Crippen molar-refractivity contribution in [3.63, 3.8) is 0 Å². The Labute approximate surface area is 143 Å². The quantitative estimate of drug-likeness (QED) is 0.411. The zero-order valence-electron chi connectivity index (χ0n) is 13.1. The van der Waals surface area contributed by atoms with Crippen molar-refractivity contribution >= 4 is 18.5 Å². The molecule has 0 aromatic heterocycles. The normalized spacial score (nSPS) is 11.3. The number of carbonyl (C=O) groups excluding carboxylic acids is 1. The largest absolute Gasteiger partial charge is 0.507 e. The molecule has 25 heavy (non-hydrogen) atoms. The molecule has 5 N–H and O–H groups in total. The lowest BCUT2D eigenvalue weighted by Gasteiger charge is -2.04. The number of aliphatic hydroxyl groups excluding tert-OH is 2. The number of amides is 2. The number of para-hydroxylation sites is 2. The Morgan fingerprint density at radius 3 is 1.96 bits per heavy atom. The number of rotatable bonds is 5. The lowest BCUT2D eigenvalue weighted by molar-refractivity contribution is 0.250. The van der Waals surface area contributed by atoms with Gasteiger partial charge in [0.05, 0.1) is 19.4 Å². The van der Waals surface area contributed by atoms with Crippen LogP contribution >= 0.6 is 0 Å². The number of phenols is 2. The molecular weight excluding hydrogens is 326 g/mol. The van der Waals surface area contributed by atoms with Gasteiger partial charge in [-0.1, -0.05) is 24.3 Å². The minimum Gasteiger partial charge on any atom is -0.507 e. The molecule has 0 spiro atoms. The van der Waals surface area contributed by atoms with Crippen LogP contribution in [-0.2, 0) is 13.2 Å². The monoisotopic (exact) mass is 343 g/mol. The maximum absolute atomic E-state index is 11.6. The maximum atomic E-state index is 11.6. The number of hydrogen-bond donors (Lipinski definition) is 5. The molecule has 2 aromatic rings. The minimum absolute atomic E-state index is 0.128. The van der Waals surface area contributed by atoms with E-state index in [4.69, 9.17) is 10.2 Å². The van der Waals surface area contributed by atoms with Gasteiger partial charge in [0, 0.05) is 28.5 Å². The molecule has 0 heterocycles. The molecule has 0 aliphatic rings. The molecule has 0 saturated carbocycles. The Kier molecular flexibility index (Phi) is 6.21. The fourth-order valence-corrected chi connectivity index (χ4v) is 2.00. The van der Waals surface area contributed by atoms with Gasteiger partial charge in [-0.15, -0.1) is 0 Å². The number of nitrogens with zero attached hydrogens (tertiary/aromatic N) is 2. The first-order valence-electron chi connectivity index (χ1n) is 7.27. The SMILES string of the molecule is O=C(/N=C/c1cccc(CO)c1O)N/N=C/c1cccc(CO)c1O. The van der Waals surface area contributed by atoms with Crippen LogP contribution in [0.2, 0.25) is 0 Å². The molecule has 0 unspecified atom stereocenters. The third-order valence-electron chi connectivity index (χ3n) is 3.33. The number of benzene rings is 2. The fraction of sp³-hybridized carbons (Fsp3) is 0.118. The fourth-order valence-electron chi connectivity index (χ4n) is 2.00. The van der Waals surface area contributed by atoms with E-state index in [9.17, 15) is 15.0 Å². The van der Waals surface area contributed by atoms with Gasteiger partial charge in [-0.25, -0.2) is 10.2 Å². The van der Waals surface area contributed by atoms with Gasteiger partial charge in [0.1, 0.15) is 11.5 Å². The van der Waals surface area contributed by atoms with E-state index in [0.717, 1.165) is 6.21 Å². The van der Waals surface area contributed by atoms with E-state index in [1.165, 1.54) is 12.3 Å². The molecule has 8 heteroatoms. The van der Waals surface area contributed by atoms with Crippen molar-refractivity contribution in [1.82, 2.24) is 5.43 Å². The second-order valence-corrected chi connectivity index (χ2v) is 4.96. The zero-order valence-corrected chi connectivity index (χ0v) is 13.1. The molecule has 0 atom stereocenters. The van der Waals surface area contributed by atoms with E-state index in [1.54, 1.807) is 30.3 Å². The van der Waals surface area contributed by atoms with Gasteiger partial charge in [0.15, 0.2) is 0 Å². The lowest BCUT2D eigenvalue weighted by atomic mass is 10.1. The maximum Gasteiger partial charge on any atom is 0.361 e. The van der Waals surface area contributed by atoms with E-state index in [-0.39, 0.29) is 30.3 Å². The summed E-state index contributed by atoms with van der Waals surface area (Å²) >= 11 is 0. The highest BCUT2D eigenvalue weighted by Crippen LogP contribution is 2.21. The molecule has 0 aliphatic carbocycles. The molecule has 2 aromatic carbocycles. The van der Waals surface area contributed by atoms with Crippen LogP contribution in [0, 0.1) is 0 Å². The van der Waals surface area contributed by atoms with Crippen LogP contribution in [-0.4, -0.2) is 38.9 Å². The molecular formula is C17H17N3O5. The number of aliphatic imine (C=N–C) groups is 1. The van der Waals surface area contributed by atoms with Crippen LogP contribution in [0.4, 0.5) is 4.79 Å². The number of carbonyl (C=O) groups is 1. The lowest BCUT2D eigenvalue weighted by Crippen LogP contribution is -2.13. The first-order chi connectivity index (χ1) is 12.1. The molecule has 0 radical (unpaired) electrons. The summed E-state index contributed by atoms with van der Waals surface area (Å²) in [6.45, 7) is -0.652. The first kappa shape index (κ1) is 18.1. The molecule has 2 amide bonds. The first-order valence-corrected chi connectivity index (χ1v) is 7.27. The summed E-state index contributed by atoms with van der Waals surface area (Å²) in [4.78, 5) is 15.2. The predicted molar refractivity (Wildman–Crippen MR) is 91.8 cm³/mol. The third-order valence-corrected chi connectivity index (χ3v) is 3.33. The highest BCUT2D eigenvalue weighted by Gasteiger charge is 2.05. The predicted octanol–water partition coefficient (Wildman–Crippen LogP) is 1.24. The Hall–Kier alpha value is -3.23. The summed E-state index contributed by atoms with van der Waals surface area (Å²) in [5, 5.41) is 41.5. The molecule has 130 valence electrons. The second kappa shape index (κ2) is 8.57. The summed E-state index contributed by atoms with van der Waals surface area (Å²) in [7, 11) is 0. The molecule has 0 bridgehead atoms. The summed E-state index contributed by atoms with van der Waals surface area (Å²) in [6, 6.07) is 8.65. The van der Waals surface area contributed by atoms with E-state index in [1.807, 2.05) is 0 Å². The second-order valence-electron chi connectivity index (χ2n) is 4.96. The summed E-state index contributed by atoms with van der Waals surface area (Å²) in [5.74, 6) is -0.284. The van der Waals surface area contributed by atoms with Gasteiger partial charge < -0.3 is 20.4 Å². The number of aromatic hydroxyl groups is 2. The standard InChI is InChI=1S/C17H17N3O5/c21-9-13-5-1-3-11(15(13)23)7-18-17(25)20-19-8-12-4-2-6-14(10-22)16(12)24/h1-8,21-24H,9-10H2,(H,20,25)/b18-7+,19-8+. The van der Waals surface area contributed by atoms with Crippen molar-refractivity contribution in [2.24, 2.45) is 10.1 Å². The number of hydrazone groups is 1. The van der Waals surface area contributed by atoms with Crippen molar-refractivity contribution in [2.75, 3.05) is 0 Å². The third kappa shape index (κ3) is 4.63. The van der Waals surface area contributed by atoms with Crippen molar-refractivity contribution in [3.05, 3.63) is 58.7 Å². The number of hydrogen-bond acceptors (Lipinski definition) is 6. The van der Waals surface area contributed by atoms with Crippen LogP contribution in [0.25, 0.3) is 0 Å². The van der Waals surface area contributed by atoms with E-state index < -0.39 is 6.03 Å². The highest BCUT2D eigenvalue weighted by molar-refractivity contribution is 5.93. The van der Waals surface area contributed by atoms with Crippen LogP contribution < -0.4 is 5.43 Å². The molecule has 2 rings (SSSR count). The summed E-state index contributed by atoms with van der Waals surface area (Å²) in [6.07, 6.45) is 2.36. The number of nitrogens with one attached hydrogen (secondary N) is 1. The van der Waals surface area contributed by atoms with E-state index in [0.29, 0.717) is 16.7 Å².